The van der Waals surface area contributed by atoms with Crippen molar-refractivity contribution in [3.8, 4) is 0 Å². The minimum absolute atomic E-state index is 0.116. The van der Waals surface area contributed by atoms with Crippen LogP contribution in [0.1, 0.15) is 36.0 Å². The van der Waals surface area contributed by atoms with E-state index in [0.29, 0.717) is 5.69 Å². The predicted octanol–water partition coefficient (Wildman–Crippen LogP) is 4.16. The molecule has 5 heteroatoms. The maximum Gasteiger partial charge on any atom is 0.261 e. The molecule has 2 aromatic carbocycles. The third-order valence-corrected chi connectivity index (χ3v) is 5.09. The Labute approximate surface area is 158 Å². The molecule has 138 valence electrons. The van der Waals surface area contributed by atoms with E-state index in [4.69, 9.17) is 0 Å². The van der Waals surface area contributed by atoms with E-state index in [9.17, 15) is 9.59 Å². The fourth-order valence-electron chi connectivity index (χ4n) is 3.60. The lowest BCUT2D eigenvalue weighted by molar-refractivity contribution is 0.102. The van der Waals surface area contributed by atoms with Crippen LogP contribution in [0.3, 0.4) is 0 Å². The summed E-state index contributed by atoms with van der Waals surface area (Å²) in [6.45, 7) is 2.16. The van der Waals surface area contributed by atoms with Gasteiger partial charge < -0.3 is 15.2 Å². The number of nitrogens with one attached hydrogen (secondary N) is 2. The number of aromatic nitrogens is 1. The molecule has 0 radical (unpaired) electrons. The molecular weight excluding hydrogens is 338 g/mol. The highest BCUT2D eigenvalue weighted by Crippen LogP contribution is 2.22. The second-order valence-electron chi connectivity index (χ2n) is 7.00. The van der Waals surface area contributed by atoms with E-state index in [1.54, 1.807) is 6.07 Å². The van der Waals surface area contributed by atoms with Gasteiger partial charge in [0.15, 0.2) is 0 Å². The molecule has 0 aliphatic carbocycles. The molecule has 1 aliphatic rings. The number of anilines is 2. The molecule has 3 aromatic rings. The fraction of sp³-hybridized carbons (Fsp3) is 0.273. The molecule has 0 unspecified atom stereocenters. The Morgan fingerprint density at radius 2 is 1.63 bits per heavy atom. The highest BCUT2D eigenvalue weighted by molar-refractivity contribution is 6.05. The number of carbonyl (C=O) groups excluding carboxylic acids is 1. The summed E-state index contributed by atoms with van der Waals surface area (Å²) in [5, 5.41) is 3.66. The number of hydrogen-bond acceptors (Lipinski definition) is 3. The minimum Gasteiger partial charge on any atom is -0.372 e. The molecular formula is C22H23N3O2. The Bertz CT molecular complexity index is 1000. The average molecular weight is 361 g/mol. The van der Waals surface area contributed by atoms with Crippen LogP contribution in [-0.2, 0) is 0 Å². The molecule has 1 aromatic heterocycles. The molecule has 1 aliphatic heterocycles. The van der Waals surface area contributed by atoms with Crippen LogP contribution in [0.5, 0.6) is 0 Å². The Morgan fingerprint density at radius 3 is 2.37 bits per heavy atom. The van der Waals surface area contributed by atoms with E-state index in [1.165, 1.54) is 31.4 Å². The fourth-order valence-corrected chi connectivity index (χ4v) is 3.60. The zero-order chi connectivity index (χ0) is 18.6. The van der Waals surface area contributed by atoms with Crippen LogP contribution in [0.15, 0.2) is 59.4 Å². The van der Waals surface area contributed by atoms with E-state index < -0.39 is 5.91 Å². The first-order valence-electron chi connectivity index (χ1n) is 9.49. The van der Waals surface area contributed by atoms with Gasteiger partial charge >= 0.3 is 0 Å². The van der Waals surface area contributed by atoms with Crippen molar-refractivity contribution in [1.29, 1.82) is 0 Å². The summed E-state index contributed by atoms with van der Waals surface area (Å²) in [5.41, 5.74) is 2.32. The van der Waals surface area contributed by atoms with Crippen molar-refractivity contribution in [2.24, 2.45) is 0 Å². The van der Waals surface area contributed by atoms with Crippen LogP contribution in [0.2, 0.25) is 0 Å². The monoisotopic (exact) mass is 361 g/mol. The molecule has 0 saturated carbocycles. The first-order valence-corrected chi connectivity index (χ1v) is 9.49. The third-order valence-electron chi connectivity index (χ3n) is 5.09. The smallest absolute Gasteiger partial charge is 0.261 e. The molecule has 2 N–H and O–H groups in total. The number of rotatable bonds is 3. The van der Waals surface area contributed by atoms with Gasteiger partial charge in [0.1, 0.15) is 5.56 Å². The summed E-state index contributed by atoms with van der Waals surface area (Å²) in [5.74, 6) is -0.399. The standard InChI is InChI=1S/C22H23N3O2/c26-21(19-15-16-7-3-4-8-20(16)24-22(19)27)23-17-9-11-18(12-10-17)25-13-5-1-2-6-14-25/h3-4,7-12,15H,1-2,5-6,13-14H2,(H,23,26)(H,24,27). The number of carbonyl (C=O) groups is 1. The van der Waals surface area contributed by atoms with E-state index in [2.05, 4.69) is 15.2 Å². The second-order valence-corrected chi connectivity index (χ2v) is 7.00. The number of hydrogen-bond donors (Lipinski definition) is 2. The summed E-state index contributed by atoms with van der Waals surface area (Å²) in [7, 11) is 0. The van der Waals surface area contributed by atoms with Gasteiger partial charge in [0.25, 0.3) is 11.5 Å². The van der Waals surface area contributed by atoms with Crippen molar-refractivity contribution in [3.63, 3.8) is 0 Å². The van der Waals surface area contributed by atoms with Crippen LogP contribution >= 0.6 is 0 Å². The van der Waals surface area contributed by atoms with Crippen molar-refractivity contribution >= 4 is 28.2 Å². The predicted molar refractivity (Wildman–Crippen MR) is 110 cm³/mol. The second kappa shape index (κ2) is 7.66. The van der Waals surface area contributed by atoms with Gasteiger partial charge in [0.05, 0.1) is 0 Å². The van der Waals surface area contributed by atoms with Crippen molar-refractivity contribution < 1.29 is 4.79 Å². The van der Waals surface area contributed by atoms with Gasteiger partial charge in [-0.3, -0.25) is 9.59 Å². The number of fused-ring (bicyclic) bond motifs is 1. The van der Waals surface area contributed by atoms with Crippen LogP contribution in [0.25, 0.3) is 10.9 Å². The molecule has 1 fully saturated rings. The Kier molecular flexibility index (Phi) is 4.92. The summed E-state index contributed by atoms with van der Waals surface area (Å²) < 4.78 is 0. The minimum atomic E-state index is -0.399. The van der Waals surface area contributed by atoms with E-state index in [0.717, 1.165) is 24.0 Å². The number of aromatic amines is 1. The molecule has 4 rings (SSSR count). The molecule has 27 heavy (non-hydrogen) atoms. The lowest BCUT2D eigenvalue weighted by atomic mass is 10.1. The number of H-pyrrole nitrogens is 1. The van der Waals surface area contributed by atoms with E-state index in [1.807, 2.05) is 48.5 Å². The lowest BCUT2D eigenvalue weighted by Crippen LogP contribution is -2.24. The molecule has 1 saturated heterocycles. The Morgan fingerprint density at radius 1 is 0.926 bits per heavy atom. The number of para-hydroxylation sites is 1. The Balaban J connectivity index is 1.51. The number of amides is 1. The SMILES string of the molecule is O=C(Nc1ccc(N2CCCCCC2)cc1)c1cc2ccccc2[nH]c1=O. The average Bonchev–Trinajstić information content (AvgIpc) is 2.97. The molecule has 0 atom stereocenters. The highest BCUT2D eigenvalue weighted by atomic mass is 16.2. The van der Waals surface area contributed by atoms with Crippen molar-refractivity contribution in [2.45, 2.75) is 25.7 Å². The van der Waals surface area contributed by atoms with Crippen molar-refractivity contribution in [1.82, 2.24) is 4.98 Å². The molecule has 2 heterocycles. The van der Waals surface area contributed by atoms with Crippen molar-refractivity contribution in [2.75, 3.05) is 23.3 Å². The molecule has 0 bridgehead atoms. The maximum absolute atomic E-state index is 12.6. The van der Waals surface area contributed by atoms with E-state index in [-0.39, 0.29) is 11.1 Å². The van der Waals surface area contributed by atoms with Gasteiger partial charge in [0.2, 0.25) is 0 Å². The highest BCUT2D eigenvalue weighted by Gasteiger charge is 2.13. The van der Waals surface area contributed by atoms with Gasteiger partial charge in [-0.25, -0.2) is 0 Å². The third kappa shape index (κ3) is 3.87. The van der Waals surface area contributed by atoms with E-state index >= 15 is 0 Å². The topological polar surface area (TPSA) is 65.2 Å². The van der Waals surface area contributed by atoms with Crippen LogP contribution in [0, 0.1) is 0 Å². The number of pyridine rings is 1. The molecule has 0 spiro atoms. The normalized spacial score (nSPS) is 14.7. The first kappa shape index (κ1) is 17.3. The molecule has 5 nitrogen and oxygen atoms in total. The van der Waals surface area contributed by atoms with Crippen molar-refractivity contribution in [3.05, 3.63) is 70.5 Å². The Hall–Kier alpha value is -3.08. The van der Waals surface area contributed by atoms with Gasteiger partial charge in [-0.1, -0.05) is 31.0 Å². The van der Waals surface area contributed by atoms with Gasteiger partial charge in [-0.15, -0.1) is 0 Å². The maximum atomic E-state index is 12.6. The zero-order valence-electron chi connectivity index (χ0n) is 15.2. The first-order chi connectivity index (χ1) is 13.2. The molecule has 1 amide bonds. The summed E-state index contributed by atoms with van der Waals surface area (Å²) >= 11 is 0. The largest absolute Gasteiger partial charge is 0.372 e. The van der Waals surface area contributed by atoms with Gasteiger partial charge in [-0.05, 0) is 54.6 Å². The van der Waals surface area contributed by atoms with Crippen LogP contribution < -0.4 is 15.8 Å². The summed E-state index contributed by atoms with van der Waals surface area (Å²) in [6, 6.07) is 16.9. The number of nitrogens with zero attached hydrogens (tertiary/aromatic N) is 1. The quantitative estimate of drug-likeness (QED) is 0.736. The van der Waals surface area contributed by atoms with Gasteiger partial charge in [-0.2, -0.15) is 0 Å². The summed E-state index contributed by atoms with van der Waals surface area (Å²) in [6.07, 6.45) is 5.04. The van der Waals surface area contributed by atoms with Crippen LogP contribution in [0.4, 0.5) is 11.4 Å². The summed E-state index contributed by atoms with van der Waals surface area (Å²) in [4.78, 5) is 30.0. The lowest BCUT2D eigenvalue weighted by Gasteiger charge is -2.22. The zero-order valence-corrected chi connectivity index (χ0v) is 15.2. The number of benzene rings is 2. The van der Waals surface area contributed by atoms with Gasteiger partial charge in [0, 0.05) is 30.0 Å². The van der Waals surface area contributed by atoms with Crippen LogP contribution in [-0.4, -0.2) is 24.0 Å².